The van der Waals surface area contributed by atoms with Crippen LogP contribution in [0.3, 0.4) is 0 Å². The van der Waals surface area contributed by atoms with Crippen molar-refractivity contribution in [2.75, 3.05) is 19.4 Å². The average Bonchev–Trinajstić information content (AvgIpc) is 3.06. The molecule has 0 radical (unpaired) electrons. The van der Waals surface area contributed by atoms with Crippen LogP contribution in [0.25, 0.3) is 10.9 Å². The number of H-pyrrole nitrogens is 1. The fraction of sp³-hybridized carbons (Fsp3) is 0.133. The Morgan fingerprint density at radius 3 is 2.76 bits per heavy atom. The quantitative estimate of drug-likeness (QED) is 0.721. The predicted octanol–water partition coefficient (Wildman–Crippen LogP) is 2.11. The van der Waals surface area contributed by atoms with Crippen LogP contribution >= 0.6 is 11.6 Å². The summed E-state index contributed by atoms with van der Waals surface area (Å²) in [5, 5.41) is 10.2. The van der Waals surface area contributed by atoms with E-state index in [4.69, 9.17) is 11.6 Å². The third kappa shape index (κ3) is 3.09. The summed E-state index contributed by atoms with van der Waals surface area (Å²) in [7, 11) is -1.05. The molecule has 25 heavy (non-hydrogen) atoms. The van der Waals surface area contributed by atoms with Gasteiger partial charge >= 0.3 is 0 Å². The maximum atomic E-state index is 12.6. The van der Waals surface area contributed by atoms with Crippen LogP contribution in [0.2, 0.25) is 5.02 Å². The summed E-state index contributed by atoms with van der Waals surface area (Å²) in [6, 6.07) is 6.10. The van der Waals surface area contributed by atoms with Crippen molar-refractivity contribution in [2.45, 2.75) is 4.90 Å². The zero-order valence-electron chi connectivity index (χ0n) is 13.3. The maximum Gasteiger partial charge on any atom is 0.275 e. The molecule has 0 bridgehead atoms. The van der Waals surface area contributed by atoms with Gasteiger partial charge in [0.1, 0.15) is 10.6 Å². The van der Waals surface area contributed by atoms with E-state index in [0.29, 0.717) is 16.1 Å². The number of halogens is 1. The number of hydrogen-bond donors (Lipinski definition) is 2. The molecule has 0 saturated carbocycles. The molecular weight excluding hydrogens is 366 g/mol. The number of sulfonamides is 1. The molecule has 0 aliphatic heterocycles. The summed E-state index contributed by atoms with van der Waals surface area (Å²) in [6.45, 7) is 0. The second-order valence-corrected chi connectivity index (χ2v) is 7.85. The van der Waals surface area contributed by atoms with Crippen LogP contribution in [-0.4, -0.2) is 47.9 Å². The number of amides is 1. The van der Waals surface area contributed by atoms with Crippen LogP contribution in [0, 0.1) is 0 Å². The Labute approximate surface area is 148 Å². The summed E-state index contributed by atoms with van der Waals surface area (Å²) in [4.78, 5) is 16.3. The van der Waals surface area contributed by atoms with Gasteiger partial charge in [-0.15, -0.1) is 0 Å². The summed E-state index contributed by atoms with van der Waals surface area (Å²) in [5.74, 6) is -0.675. The third-order valence-electron chi connectivity index (χ3n) is 3.55. The topological polar surface area (TPSA) is 108 Å². The van der Waals surface area contributed by atoms with Gasteiger partial charge in [0, 0.05) is 25.7 Å². The van der Waals surface area contributed by atoms with E-state index in [1.54, 1.807) is 12.1 Å². The van der Waals surface area contributed by atoms with E-state index in [1.165, 1.54) is 38.6 Å². The Morgan fingerprint density at radius 2 is 2.04 bits per heavy atom. The average molecular weight is 380 g/mol. The molecule has 3 aromatic rings. The van der Waals surface area contributed by atoms with Crippen molar-refractivity contribution in [3.63, 3.8) is 0 Å². The second-order valence-electron chi connectivity index (χ2n) is 5.35. The number of benzene rings is 1. The number of carbonyl (C=O) groups is 1. The number of nitrogens with zero attached hydrogens (tertiary/aromatic N) is 3. The van der Waals surface area contributed by atoms with Crippen LogP contribution in [0.5, 0.6) is 0 Å². The van der Waals surface area contributed by atoms with Crippen molar-refractivity contribution in [3.05, 3.63) is 47.4 Å². The van der Waals surface area contributed by atoms with E-state index in [0.717, 1.165) is 9.82 Å². The highest BCUT2D eigenvalue weighted by molar-refractivity contribution is 7.89. The number of aromatic nitrogens is 3. The normalized spacial score (nSPS) is 11.8. The van der Waals surface area contributed by atoms with Crippen molar-refractivity contribution >= 4 is 44.1 Å². The van der Waals surface area contributed by atoms with E-state index in [9.17, 15) is 13.2 Å². The van der Waals surface area contributed by atoms with Crippen molar-refractivity contribution < 1.29 is 13.2 Å². The zero-order chi connectivity index (χ0) is 18.2. The largest absolute Gasteiger partial charge is 0.319 e. The first-order chi connectivity index (χ1) is 11.8. The standard InChI is InChI=1S/C15H14ClN5O3S/c1-21(2)25(23,24)12-4-3-7-17-14(12)15(22)19-11-6-5-10-9(13(11)16)8-18-20-10/h3-8H,1-2H3,(H,18,20)(H,19,22). The van der Waals surface area contributed by atoms with Crippen LogP contribution in [0.1, 0.15) is 10.5 Å². The first-order valence-electron chi connectivity index (χ1n) is 7.13. The first kappa shape index (κ1) is 17.3. The summed E-state index contributed by atoms with van der Waals surface area (Å²) in [5.41, 5.74) is 0.843. The molecule has 2 N–H and O–H groups in total. The minimum absolute atomic E-state index is 0.182. The molecule has 2 heterocycles. The molecule has 0 atom stereocenters. The van der Waals surface area contributed by atoms with Crippen molar-refractivity contribution in [3.8, 4) is 0 Å². The number of nitrogens with one attached hydrogen (secondary N) is 2. The van der Waals surface area contributed by atoms with Crippen molar-refractivity contribution in [1.29, 1.82) is 0 Å². The molecule has 3 rings (SSSR count). The molecule has 1 amide bonds. The number of hydrogen-bond acceptors (Lipinski definition) is 5. The van der Waals surface area contributed by atoms with Crippen molar-refractivity contribution in [2.24, 2.45) is 0 Å². The molecule has 130 valence electrons. The third-order valence-corrected chi connectivity index (χ3v) is 5.80. The second kappa shape index (κ2) is 6.43. The summed E-state index contributed by atoms with van der Waals surface area (Å²) < 4.78 is 25.8. The molecule has 0 fully saturated rings. The van der Waals surface area contributed by atoms with E-state index >= 15 is 0 Å². The van der Waals surface area contributed by atoms with Crippen LogP contribution < -0.4 is 5.32 Å². The highest BCUT2D eigenvalue weighted by atomic mass is 35.5. The lowest BCUT2D eigenvalue weighted by Crippen LogP contribution is -2.26. The lowest BCUT2D eigenvalue weighted by molar-refractivity contribution is 0.101. The molecule has 10 heteroatoms. The number of aromatic amines is 1. The van der Waals surface area contributed by atoms with E-state index in [2.05, 4.69) is 20.5 Å². The molecule has 8 nitrogen and oxygen atoms in total. The molecule has 0 unspecified atom stereocenters. The van der Waals surface area contributed by atoms with Crippen LogP contribution in [0.4, 0.5) is 5.69 Å². The molecule has 0 saturated heterocycles. The van der Waals surface area contributed by atoms with Gasteiger partial charge in [-0.25, -0.2) is 17.7 Å². The number of rotatable bonds is 4. The van der Waals surface area contributed by atoms with Gasteiger partial charge in [-0.3, -0.25) is 9.89 Å². The van der Waals surface area contributed by atoms with Gasteiger partial charge in [0.15, 0.2) is 0 Å². The van der Waals surface area contributed by atoms with Gasteiger partial charge in [-0.2, -0.15) is 5.10 Å². The monoisotopic (exact) mass is 379 g/mol. The molecular formula is C15H14ClN5O3S. The number of fused-ring (bicyclic) bond motifs is 1. The predicted molar refractivity (Wildman–Crippen MR) is 94.2 cm³/mol. The van der Waals surface area contributed by atoms with Gasteiger partial charge < -0.3 is 5.32 Å². The number of anilines is 1. The highest BCUT2D eigenvalue weighted by Crippen LogP contribution is 2.30. The lowest BCUT2D eigenvalue weighted by Gasteiger charge is -2.14. The minimum Gasteiger partial charge on any atom is -0.319 e. The van der Waals surface area contributed by atoms with Crippen LogP contribution in [-0.2, 0) is 10.0 Å². The van der Waals surface area contributed by atoms with Gasteiger partial charge in [0.2, 0.25) is 10.0 Å². The summed E-state index contributed by atoms with van der Waals surface area (Å²) in [6.07, 6.45) is 2.89. The number of carbonyl (C=O) groups excluding carboxylic acids is 1. The van der Waals surface area contributed by atoms with Gasteiger partial charge in [0.25, 0.3) is 5.91 Å². The van der Waals surface area contributed by atoms with Crippen molar-refractivity contribution in [1.82, 2.24) is 19.5 Å². The SMILES string of the molecule is CN(C)S(=O)(=O)c1cccnc1C(=O)Nc1ccc2[nH]ncc2c1Cl. The van der Waals surface area contributed by atoms with Crippen LogP contribution in [0.15, 0.2) is 41.6 Å². The zero-order valence-corrected chi connectivity index (χ0v) is 14.9. The minimum atomic E-state index is -3.82. The Kier molecular flexibility index (Phi) is 4.46. The Hall–Kier alpha value is -2.49. The smallest absolute Gasteiger partial charge is 0.275 e. The molecule has 1 aromatic carbocycles. The Bertz CT molecular complexity index is 1060. The Balaban J connectivity index is 2.01. The fourth-order valence-electron chi connectivity index (χ4n) is 2.23. The van der Waals surface area contributed by atoms with E-state index in [-0.39, 0.29) is 10.6 Å². The van der Waals surface area contributed by atoms with E-state index in [1.807, 2.05) is 0 Å². The molecule has 0 aliphatic rings. The highest BCUT2D eigenvalue weighted by Gasteiger charge is 2.26. The van der Waals surface area contributed by atoms with Gasteiger partial charge in [0.05, 0.1) is 22.4 Å². The molecule has 0 spiro atoms. The first-order valence-corrected chi connectivity index (χ1v) is 8.94. The lowest BCUT2D eigenvalue weighted by atomic mass is 10.2. The Morgan fingerprint density at radius 1 is 1.28 bits per heavy atom. The summed E-state index contributed by atoms with van der Waals surface area (Å²) >= 11 is 6.27. The van der Waals surface area contributed by atoms with E-state index < -0.39 is 15.9 Å². The fourth-order valence-corrected chi connectivity index (χ4v) is 3.52. The van der Waals surface area contributed by atoms with Gasteiger partial charge in [-0.1, -0.05) is 11.6 Å². The molecule has 0 aliphatic carbocycles. The number of pyridine rings is 1. The maximum absolute atomic E-state index is 12.6. The molecule has 2 aromatic heterocycles. The van der Waals surface area contributed by atoms with Gasteiger partial charge in [-0.05, 0) is 24.3 Å².